The lowest BCUT2D eigenvalue weighted by atomic mass is 10.3. The third-order valence-corrected chi connectivity index (χ3v) is 2.78. The molecule has 0 atom stereocenters. The van der Waals surface area contributed by atoms with E-state index in [0.29, 0.717) is 16.0 Å². The highest BCUT2D eigenvalue weighted by Gasteiger charge is 2.06. The molecule has 92 valence electrons. The number of aromatic nitrogens is 1. The number of nitrogens with zero attached hydrogens (tertiary/aromatic N) is 1. The topological polar surface area (TPSA) is 51.2 Å². The van der Waals surface area contributed by atoms with E-state index in [2.05, 4.69) is 26.2 Å². The van der Waals surface area contributed by atoms with E-state index in [1.807, 2.05) is 18.2 Å². The van der Waals surface area contributed by atoms with Gasteiger partial charge in [-0.25, -0.2) is 4.98 Å². The number of ether oxygens (including phenoxy) is 1. The Morgan fingerprint density at radius 2 is 2.00 bits per heavy atom. The van der Waals surface area contributed by atoms with Crippen molar-refractivity contribution in [1.82, 2.24) is 4.98 Å². The summed E-state index contributed by atoms with van der Waals surface area (Å²) in [5.41, 5.74) is 0.624. The van der Waals surface area contributed by atoms with Crippen LogP contribution in [0.25, 0.3) is 0 Å². The summed E-state index contributed by atoms with van der Waals surface area (Å²) < 4.78 is 5.93. The number of para-hydroxylation sites is 1. The standard InChI is InChI=1S/C13H11BrN2O2/c14-13-11(7-4-8-15-13)16-12(17)9-18-10-5-2-1-3-6-10/h1-8H,9H2,(H,16,17). The lowest BCUT2D eigenvalue weighted by Gasteiger charge is -2.08. The molecule has 2 aromatic rings. The molecule has 1 amide bonds. The zero-order valence-corrected chi connectivity index (χ0v) is 11.1. The average molecular weight is 307 g/mol. The molecule has 0 radical (unpaired) electrons. The number of carbonyl (C=O) groups excluding carboxylic acids is 1. The van der Waals surface area contributed by atoms with Gasteiger partial charge in [0.05, 0.1) is 5.69 Å². The van der Waals surface area contributed by atoms with Gasteiger partial charge in [0.2, 0.25) is 0 Å². The monoisotopic (exact) mass is 306 g/mol. The summed E-state index contributed by atoms with van der Waals surface area (Å²) >= 11 is 3.25. The quantitative estimate of drug-likeness (QED) is 0.884. The Kier molecular flexibility index (Phi) is 4.30. The SMILES string of the molecule is O=C(COc1ccccc1)Nc1cccnc1Br. The van der Waals surface area contributed by atoms with Gasteiger partial charge in [-0.15, -0.1) is 0 Å². The van der Waals surface area contributed by atoms with Crippen LogP contribution in [0.2, 0.25) is 0 Å². The Balaban J connectivity index is 1.88. The van der Waals surface area contributed by atoms with Gasteiger partial charge < -0.3 is 10.1 Å². The molecule has 0 saturated heterocycles. The zero-order chi connectivity index (χ0) is 12.8. The molecule has 0 aliphatic heterocycles. The summed E-state index contributed by atoms with van der Waals surface area (Å²) in [5.74, 6) is 0.436. The Morgan fingerprint density at radius 3 is 2.72 bits per heavy atom. The van der Waals surface area contributed by atoms with Crippen LogP contribution in [0.5, 0.6) is 5.75 Å². The Hall–Kier alpha value is -1.88. The highest BCUT2D eigenvalue weighted by atomic mass is 79.9. The molecule has 2 rings (SSSR count). The molecular formula is C13H11BrN2O2. The predicted molar refractivity (Wildman–Crippen MR) is 72.5 cm³/mol. The molecule has 0 spiro atoms. The number of carbonyl (C=O) groups is 1. The lowest BCUT2D eigenvalue weighted by molar-refractivity contribution is -0.118. The van der Waals surface area contributed by atoms with Crippen molar-refractivity contribution < 1.29 is 9.53 Å². The molecule has 1 heterocycles. The second-order valence-corrected chi connectivity index (χ2v) is 4.24. The first-order chi connectivity index (χ1) is 8.75. The van der Waals surface area contributed by atoms with E-state index in [1.54, 1.807) is 30.5 Å². The first kappa shape index (κ1) is 12.6. The van der Waals surface area contributed by atoms with Gasteiger partial charge in [0.15, 0.2) is 6.61 Å². The zero-order valence-electron chi connectivity index (χ0n) is 9.47. The van der Waals surface area contributed by atoms with Crippen molar-refractivity contribution in [2.75, 3.05) is 11.9 Å². The first-order valence-electron chi connectivity index (χ1n) is 5.34. The third kappa shape index (κ3) is 3.56. The van der Waals surface area contributed by atoms with Crippen molar-refractivity contribution in [3.05, 3.63) is 53.3 Å². The molecule has 0 aliphatic rings. The van der Waals surface area contributed by atoms with Crippen LogP contribution >= 0.6 is 15.9 Å². The van der Waals surface area contributed by atoms with Crippen molar-refractivity contribution >= 4 is 27.5 Å². The Bertz CT molecular complexity index is 532. The number of halogens is 1. The molecule has 4 nitrogen and oxygen atoms in total. The summed E-state index contributed by atoms with van der Waals surface area (Å²) in [5, 5.41) is 2.71. The Labute approximate surface area is 113 Å². The minimum Gasteiger partial charge on any atom is -0.484 e. The normalized spacial score (nSPS) is 9.83. The van der Waals surface area contributed by atoms with E-state index in [0.717, 1.165) is 0 Å². The second kappa shape index (κ2) is 6.16. The maximum absolute atomic E-state index is 11.7. The minimum atomic E-state index is -0.229. The van der Waals surface area contributed by atoms with Crippen molar-refractivity contribution in [2.45, 2.75) is 0 Å². The first-order valence-corrected chi connectivity index (χ1v) is 6.13. The third-order valence-electron chi connectivity index (χ3n) is 2.15. The number of benzene rings is 1. The molecule has 1 N–H and O–H groups in total. The highest BCUT2D eigenvalue weighted by molar-refractivity contribution is 9.10. The summed E-state index contributed by atoms with van der Waals surface area (Å²) in [4.78, 5) is 15.7. The molecule has 0 saturated carbocycles. The maximum Gasteiger partial charge on any atom is 0.262 e. The van der Waals surface area contributed by atoms with Crippen LogP contribution in [0.4, 0.5) is 5.69 Å². The predicted octanol–water partition coefficient (Wildman–Crippen LogP) is 2.86. The van der Waals surface area contributed by atoms with Crippen molar-refractivity contribution in [2.24, 2.45) is 0 Å². The van der Waals surface area contributed by atoms with Crippen LogP contribution in [0.15, 0.2) is 53.3 Å². The summed E-state index contributed by atoms with van der Waals surface area (Å²) in [6.45, 7) is -0.0364. The molecule has 0 unspecified atom stereocenters. The number of nitrogens with one attached hydrogen (secondary N) is 1. The number of pyridine rings is 1. The van der Waals surface area contributed by atoms with Gasteiger partial charge in [0.25, 0.3) is 5.91 Å². The lowest BCUT2D eigenvalue weighted by Crippen LogP contribution is -2.20. The van der Waals surface area contributed by atoms with E-state index in [1.165, 1.54) is 0 Å². The fourth-order valence-electron chi connectivity index (χ4n) is 1.33. The fraction of sp³-hybridized carbons (Fsp3) is 0.0769. The summed E-state index contributed by atoms with van der Waals surface area (Å²) in [6.07, 6.45) is 1.64. The van der Waals surface area contributed by atoms with Crippen LogP contribution < -0.4 is 10.1 Å². The van der Waals surface area contributed by atoms with E-state index in [9.17, 15) is 4.79 Å². The van der Waals surface area contributed by atoms with Crippen LogP contribution in [0.3, 0.4) is 0 Å². The van der Waals surface area contributed by atoms with Gasteiger partial charge in [-0.1, -0.05) is 18.2 Å². The molecule has 18 heavy (non-hydrogen) atoms. The molecule has 5 heteroatoms. The van der Waals surface area contributed by atoms with E-state index in [-0.39, 0.29) is 12.5 Å². The molecule has 1 aromatic heterocycles. The number of hydrogen-bond acceptors (Lipinski definition) is 3. The van der Waals surface area contributed by atoms with Gasteiger partial charge in [0.1, 0.15) is 10.4 Å². The average Bonchev–Trinajstić information content (AvgIpc) is 2.40. The molecule has 1 aromatic carbocycles. The molecule has 0 fully saturated rings. The number of hydrogen-bond donors (Lipinski definition) is 1. The van der Waals surface area contributed by atoms with Crippen molar-refractivity contribution in [3.8, 4) is 5.75 Å². The highest BCUT2D eigenvalue weighted by Crippen LogP contribution is 2.18. The second-order valence-electron chi connectivity index (χ2n) is 3.49. The van der Waals surface area contributed by atoms with Crippen LogP contribution in [-0.4, -0.2) is 17.5 Å². The Morgan fingerprint density at radius 1 is 1.22 bits per heavy atom. The van der Waals surface area contributed by atoms with Crippen LogP contribution in [-0.2, 0) is 4.79 Å². The van der Waals surface area contributed by atoms with Gasteiger partial charge in [-0.2, -0.15) is 0 Å². The summed E-state index contributed by atoms with van der Waals surface area (Å²) in [6, 6.07) is 12.7. The number of rotatable bonds is 4. The van der Waals surface area contributed by atoms with Gasteiger partial charge in [-0.3, -0.25) is 4.79 Å². The van der Waals surface area contributed by atoms with Crippen molar-refractivity contribution in [1.29, 1.82) is 0 Å². The fourth-order valence-corrected chi connectivity index (χ4v) is 1.68. The van der Waals surface area contributed by atoms with Crippen LogP contribution in [0, 0.1) is 0 Å². The molecule has 0 aliphatic carbocycles. The largest absolute Gasteiger partial charge is 0.484 e. The van der Waals surface area contributed by atoms with E-state index < -0.39 is 0 Å². The minimum absolute atomic E-state index is 0.0364. The van der Waals surface area contributed by atoms with Crippen molar-refractivity contribution in [3.63, 3.8) is 0 Å². The van der Waals surface area contributed by atoms with Gasteiger partial charge in [0, 0.05) is 6.20 Å². The maximum atomic E-state index is 11.7. The van der Waals surface area contributed by atoms with Gasteiger partial charge in [-0.05, 0) is 40.2 Å². The van der Waals surface area contributed by atoms with Crippen LogP contribution in [0.1, 0.15) is 0 Å². The number of anilines is 1. The molecular weight excluding hydrogens is 296 g/mol. The summed E-state index contributed by atoms with van der Waals surface area (Å²) in [7, 11) is 0. The molecule has 0 bridgehead atoms. The van der Waals surface area contributed by atoms with E-state index in [4.69, 9.17) is 4.74 Å². The smallest absolute Gasteiger partial charge is 0.262 e. The number of amides is 1. The van der Waals surface area contributed by atoms with Gasteiger partial charge >= 0.3 is 0 Å². The van der Waals surface area contributed by atoms with E-state index >= 15 is 0 Å².